The zero-order valence-electron chi connectivity index (χ0n) is 16.6. The predicted molar refractivity (Wildman–Crippen MR) is 118 cm³/mol. The van der Waals surface area contributed by atoms with E-state index >= 15 is 0 Å². The number of benzene rings is 1. The predicted octanol–water partition coefficient (Wildman–Crippen LogP) is 3.92. The van der Waals surface area contributed by atoms with Crippen LogP contribution in [0.2, 0.25) is 5.02 Å². The van der Waals surface area contributed by atoms with Gasteiger partial charge in [0.05, 0.1) is 28.6 Å². The molecule has 3 atom stereocenters. The normalized spacial score (nSPS) is 28.2. The summed E-state index contributed by atoms with van der Waals surface area (Å²) in [6, 6.07) is 4.72. The molecule has 30 heavy (non-hydrogen) atoms. The standard InChI is InChI=1S/C21H24Cl2N2O4S/c1-13-17(14-5-7-29-12-14)9-15(22)10-20(13)24-21(26)18-11-16(3-4-19(18)23)25-6-2-8-30(25,27)28/h3-4,9-11,13-14,17H,2,5-8,12H2,1H3,(H,24,26)/t13?,14-,17?/m1/s1. The molecule has 2 fully saturated rings. The monoisotopic (exact) mass is 470 g/mol. The van der Waals surface area contributed by atoms with E-state index < -0.39 is 10.0 Å². The number of anilines is 1. The molecule has 0 spiro atoms. The number of nitrogens with one attached hydrogen (secondary N) is 1. The van der Waals surface area contributed by atoms with Crippen molar-refractivity contribution in [1.29, 1.82) is 0 Å². The molecular formula is C21H24Cl2N2O4S. The molecule has 2 aliphatic heterocycles. The summed E-state index contributed by atoms with van der Waals surface area (Å²) in [6.07, 6.45) is 5.33. The summed E-state index contributed by atoms with van der Waals surface area (Å²) in [5, 5.41) is 3.80. The SMILES string of the molecule is CC1C(NC(=O)c2cc(N3CCCS3(=O)=O)ccc2Cl)=CC(Cl)=CC1[C@@H]1CCOC1. The first-order chi connectivity index (χ1) is 14.3. The Hall–Kier alpha value is -1.54. The molecule has 0 bridgehead atoms. The van der Waals surface area contributed by atoms with Crippen molar-refractivity contribution in [2.24, 2.45) is 17.8 Å². The Bertz CT molecular complexity index is 1020. The summed E-state index contributed by atoms with van der Waals surface area (Å²) in [4.78, 5) is 13.1. The third-order valence-corrected chi connectivity index (χ3v) is 8.50. The number of halogens is 2. The number of carbonyl (C=O) groups is 1. The van der Waals surface area contributed by atoms with E-state index in [2.05, 4.69) is 12.2 Å². The van der Waals surface area contributed by atoms with E-state index in [0.29, 0.717) is 36.2 Å². The van der Waals surface area contributed by atoms with Crippen LogP contribution in [-0.2, 0) is 14.8 Å². The summed E-state index contributed by atoms with van der Waals surface area (Å²) in [6.45, 7) is 3.89. The van der Waals surface area contributed by atoms with Gasteiger partial charge in [-0.25, -0.2) is 8.42 Å². The first-order valence-corrected chi connectivity index (χ1v) is 12.4. The van der Waals surface area contributed by atoms with Crippen LogP contribution in [0.15, 0.2) is 41.1 Å². The number of allylic oxidation sites excluding steroid dienone is 4. The van der Waals surface area contributed by atoms with Crippen molar-refractivity contribution in [2.45, 2.75) is 19.8 Å². The second kappa shape index (κ2) is 8.54. The quantitative estimate of drug-likeness (QED) is 0.723. The zero-order valence-corrected chi connectivity index (χ0v) is 18.9. The number of ether oxygens (including phenoxy) is 1. The maximum Gasteiger partial charge on any atom is 0.257 e. The number of rotatable bonds is 4. The molecule has 0 radical (unpaired) electrons. The molecule has 1 amide bonds. The van der Waals surface area contributed by atoms with Crippen molar-refractivity contribution in [2.75, 3.05) is 29.8 Å². The summed E-state index contributed by atoms with van der Waals surface area (Å²) < 4.78 is 31.3. The van der Waals surface area contributed by atoms with Crippen LogP contribution in [0.5, 0.6) is 0 Å². The first-order valence-electron chi connectivity index (χ1n) is 10.0. The number of hydrogen-bond acceptors (Lipinski definition) is 4. The molecule has 162 valence electrons. The van der Waals surface area contributed by atoms with Crippen molar-refractivity contribution in [1.82, 2.24) is 5.32 Å². The highest BCUT2D eigenvalue weighted by Gasteiger charge is 2.34. The Balaban J connectivity index is 1.56. The van der Waals surface area contributed by atoms with E-state index in [1.807, 2.05) is 6.08 Å². The highest BCUT2D eigenvalue weighted by molar-refractivity contribution is 7.93. The van der Waals surface area contributed by atoms with Gasteiger partial charge in [-0.2, -0.15) is 0 Å². The van der Waals surface area contributed by atoms with Gasteiger partial charge >= 0.3 is 0 Å². The van der Waals surface area contributed by atoms with Gasteiger partial charge in [0.15, 0.2) is 0 Å². The largest absolute Gasteiger partial charge is 0.381 e. The molecule has 0 aromatic heterocycles. The fourth-order valence-electron chi connectivity index (χ4n) is 4.38. The van der Waals surface area contributed by atoms with Gasteiger partial charge in [-0.1, -0.05) is 36.2 Å². The van der Waals surface area contributed by atoms with Gasteiger partial charge < -0.3 is 10.1 Å². The highest BCUT2D eigenvalue weighted by atomic mass is 35.5. The Morgan fingerprint density at radius 3 is 2.77 bits per heavy atom. The molecule has 9 heteroatoms. The van der Waals surface area contributed by atoms with Crippen molar-refractivity contribution in [3.05, 3.63) is 51.7 Å². The van der Waals surface area contributed by atoms with E-state index in [4.69, 9.17) is 27.9 Å². The summed E-state index contributed by atoms with van der Waals surface area (Å²) >= 11 is 12.6. The summed E-state index contributed by atoms with van der Waals surface area (Å²) in [7, 11) is -3.35. The molecule has 1 N–H and O–H groups in total. The number of amides is 1. The van der Waals surface area contributed by atoms with Gasteiger partial charge in [0, 0.05) is 29.8 Å². The summed E-state index contributed by atoms with van der Waals surface area (Å²) in [5.41, 5.74) is 1.40. The lowest BCUT2D eigenvalue weighted by atomic mass is 9.77. The Morgan fingerprint density at radius 1 is 1.30 bits per heavy atom. The van der Waals surface area contributed by atoms with E-state index in [1.165, 1.54) is 10.4 Å². The van der Waals surface area contributed by atoms with Crippen LogP contribution in [0.4, 0.5) is 5.69 Å². The van der Waals surface area contributed by atoms with Crippen molar-refractivity contribution in [3.8, 4) is 0 Å². The van der Waals surface area contributed by atoms with Crippen LogP contribution in [0.25, 0.3) is 0 Å². The second-order valence-electron chi connectivity index (χ2n) is 8.00. The van der Waals surface area contributed by atoms with Crippen LogP contribution in [0.3, 0.4) is 0 Å². The average Bonchev–Trinajstić information content (AvgIpc) is 3.34. The van der Waals surface area contributed by atoms with Gasteiger partial charge in [0.2, 0.25) is 10.0 Å². The molecule has 2 unspecified atom stereocenters. The minimum Gasteiger partial charge on any atom is -0.381 e. The summed E-state index contributed by atoms with van der Waals surface area (Å²) in [5.74, 6) is 0.324. The molecular weight excluding hydrogens is 447 g/mol. The molecule has 1 aliphatic carbocycles. The lowest BCUT2D eigenvalue weighted by Gasteiger charge is -2.31. The van der Waals surface area contributed by atoms with Crippen LogP contribution in [0.1, 0.15) is 30.1 Å². The fourth-order valence-corrected chi connectivity index (χ4v) is 6.41. The van der Waals surface area contributed by atoms with Crippen LogP contribution >= 0.6 is 23.2 Å². The van der Waals surface area contributed by atoms with Crippen molar-refractivity contribution < 1.29 is 17.9 Å². The van der Waals surface area contributed by atoms with Gasteiger partial charge in [-0.3, -0.25) is 9.10 Å². The first kappa shape index (κ1) is 21.7. The van der Waals surface area contributed by atoms with Crippen LogP contribution < -0.4 is 9.62 Å². The van der Waals surface area contributed by atoms with Gasteiger partial charge in [0.1, 0.15) is 0 Å². The van der Waals surface area contributed by atoms with Crippen LogP contribution in [0, 0.1) is 17.8 Å². The number of sulfonamides is 1. The molecule has 2 heterocycles. The fraction of sp³-hybridized carbons (Fsp3) is 0.476. The molecule has 1 aromatic rings. The molecule has 6 nitrogen and oxygen atoms in total. The van der Waals surface area contributed by atoms with Crippen LogP contribution in [-0.4, -0.2) is 39.8 Å². The van der Waals surface area contributed by atoms with E-state index in [1.54, 1.807) is 18.2 Å². The van der Waals surface area contributed by atoms with Crippen molar-refractivity contribution in [3.63, 3.8) is 0 Å². The van der Waals surface area contributed by atoms with Gasteiger partial charge in [-0.15, -0.1) is 0 Å². The van der Waals surface area contributed by atoms with E-state index in [0.717, 1.165) is 18.7 Å². The third kappa shape index (κ3) is 4.26. The Kier molecular flexibility index (Phi) is 6.17. The molecule has 1 aromatic carbocycles. The molecule has 0 saturated carbocycles. The Morgan fingerprint density at radius 2 is 2.10 bits per heavy atom. The highest BCUT2D eigenvalue weighted by Crippen LogP contribution is 2.38. The minimum absolute atomic E-state index is 0.0593. The molecule has 3 aliphatic rings. The zero-order chi connectivity index (χ0) is 21.5. The maximum absolute atomic E-state index is 13.1. The molecule has 4 rings (SSSR count). The van der Waals surface area contributed by atoms with E-state index in [-0.39, 0.29) is 34.1 Å². The van der Waals surface area contributed by atoms with Crippen molar-refractivity contribution >= 4 is 44.8 Å². The topological polar surface area (TPSA) is 75.7 Å². The number of nitrogens with zero attached hydrogens (tertiary/aromatic N) is 1. The second-order valence-corrected chi connectivity index (χ2v) is 10.9. The van der Waals surface area contributed by atoms with E-state index in [9.17, 15) is 13.2 Å². The number of hydrogen-bond donors (Lipinski definition) is 1. The Labute approximate surface area is 186 Å². The average molecular weight is 471 g/mol. The van der Waals surface area contributed by atoms with Gasteiger partial charge in [-0.05, 0) is 49.0 Å². The lowest BCUT2D eigenvalue weighted by Crippen LogP contribution is -2.33. The molecule has 2 saturated heterocycles. The maximum atomic E-state index is 13.1. The van der Waals surface area contributed by atoms with Gasteiger partial charge in [0.25, 0.3) is 5.91 Å². The smallest absolute Gasteiger partial charge is 0.257 e. The third-order valence-electron chi connectivity index (χ3n) is 6.06. The minimum atomic E-state index is -3.35. The number of carbonyl (C=O) groups excluding carboxylic acids is 1. The lowest BCUT2D eigenvalue weighted by molar-refractivity contribution is 0.0958.